The molecule has 0 atom stereocenters. The van der Waals surface area contributed by atoms with Crippen LogP contribution in [-0.2, 0) is 16.6 Å². The maximum Gasteiger partial charge on any atom is 0.244 e. The van der Waals surface area contributed by atoms with Crippen molar-refractivity contribution < 1.29 is 12.8 Å². The normalized spacial score (nSPS) is 12.8. The fourth-order valence-corrected chi connectivity index (χ4v) is 4.27. The van der Waals surface area contributed by atoms with Crippen molar-refractivity contribution in [2.45, 2.75) is 49.8 Å². The highest BCUT2D eigenvalue weighted by Gasteiger charge is 2.29. The summed E-state index contributed by atoms with van der Waals surface area (Å²) in [7, 11) is -3.56. The van der Waals surface area contributed by atoms with Gasteiger partial charge in [0.1, 0.15) is 16.4 Å². The van der Waals surface area contributed by atoms with E-state index in [-0.39, 0.29) is 16.2 Å². The Morgan fingerprint density at radius 2 is 2.00 bits per heavy atom. The lowest BCUT2D eigenvalue weighted by atomic mass is 10.0. The molecule has 5 nitrogen and oxygen atoms in total. The molecular formula is C13H24N2O3S2. The Morgan fingerprint density at radius 3 is 2.40 bits per heavy atom. The molecule has 0 radical (unpaired) electrons. The lowest BCUT2D eigenvalue weighted by Crippen LogP contribution is -2.39. The number of hydrogen-bond acceptors (Lipinski definition) is 5. The summed E-state index contributed by atoms with van der Waals surface area (Å²) in [6, 6.07) is 1.50. The number of thioether (sulfide) groups is 1. The topological polar surface area (TPSA) is 85.3 Å². The summed E-state index contributed by atoms with van der Waals surface area (Å²) in [4.78, 5) is 0.181. The van der Waals surface area contributed by atoms with Crippen LogP contribution in [0.4, 0.5) is 0 Å². The maximum atomic E-state index is 12.4. The highest BCUT2D eigenvalue weighted by Crippen LogP contribution is 2.30. The van der Waals surface area contributed by atoms with E-state index >= 15 is 0 Å². The van der Waals surface area contributed by atoms with Crippen molar-refractivity contribution in [3.05, 3.63) is 17.6 Å². The molecule has 1 rings (SSSR count). The van der Waals surface area contributed by atoms with Crippen molar-refractivity contribution >= 4 is 21.8 Å². The van der Waals surface area contributed by atoms with Crippen molar-refractivity contribution in [1.82, 2.24) is 4.72 Å². The summed E-state index contributed by atoms with van der Waals surface area (Å²) in [5.41, 5.74) is 5.47. The smallest absolute Gasteiger partial charge is 0.244 e. The molecule has 0 aliphatic carbocycles. The van der Waals surface area contributed by atoms with Crippen LogP contribution in [0.3, 0.4) is 0 Å². The summed E-state index contributed by atoms with van der Waals surface area (Å²) in [6.07, 6.45) is 3.83. The average Bonchev–Trinajstić information content (AvgIpc) is 2.83. The summed E-state index contributed by atoms with van der Waals surface area (Å²) in [5, 5.41) is 0. The SMILES string of the molecule is CCC(CC)(CNS(=O)(=O)c1cc(CN)oc1C)SC. The molecular weight excluding hydrogens is 296 g/mol. The van der Waals surface area contributed by atoms with Crippen LogP contribution in [-0.4, -0.2) is 26.0 Å². The molecule has 0 spiro atoms. The average molecular weight is 320 g/mol. The van der Waals surface area contributed by atoms with Gasteiger partial charge in [0.2, 0.25) is 10.0 Å². The van der Waals surface area contributed by atoms with Gasteiger partial charge < -0.3 is 10.2 Å². The molecule has 0 aromatic carbocycles. The van der Waals surface area contributed by atoms with E-state index in [1.165, 1.54) is 6.07 Å². The monoisotopic (exact) mass is 320 g/mol. The molecule has 7 heteroatoms. The Hall–Kier alpha value is -0.500. The van der Waals surface area contributed by atoms with E-state index in [1.807, 2.05) is 6.26 Å². The first-order valence-electron chi connectivity index (χ1n) is 6.68. The largest absolute Gasteiger partial charge is 0.464 e. The standard InChI is InChI=1S/C13H24N2O3S2/c1-5-13(6-2,19-4)9-15-20(16,17)12-7-11(8-14)18-10(12)3/h7,15H,5-6,8-9,14H2,1-4H3. The number of hydrogen-bond donors (Lipinski definition) is 2. The van der Waals surface area contributed by atoms with Gasteiger partial charge in [-0.15, -0.1) is 0 Å². The van der Waals surface area contributed by atoms with Crippen LogP contribution in [0.1, 0.15) is 38.2 Å². The van der Waals surface area contributed by atoms with Crippen molar-refractivity contribution in [3.63, 3.8) is 0 Å². The van der Waals surface area contributed by atoms with E-state index in [1.54, 1.807) is 18.7 Å². The van der Waals surface area contributed by atoms with E-state index in [0.29, 0.717) is 18.1 Å². The fourth-order valence-electron chi connectivity index (χ4n) is 2.06. The first-order valence-corrected chi connectivity index (χ1v) is 9.39. The van der Waals surface area contributed by atoms with Crippen LogP contribution >= 0.6 is 11.8 Å². The molecule has 20 heavy (non-hydrogen) atoms. The molecule has 0 bridgehead atoms. The van der Waals surface area contributed by atoms with E-state index in [0.717, 1.165) is 12.8 Å². The number of nitrogens with one attached hydrogen (secondary N) is 1. The first-order chi connectivity index (χ1) is 9.34. The van der Waals surface area contributed by atoms with Crippen LogP contribution < -0.4 is 10.5 Å². The minimum absolute atomic E-state index is 0.0680. The highest BCUT2D eigenvalue weighted by atomic mass is 32.2. The second kappa shape index (κ2) is 6.98. The third-order valence-electron chi connectivity index (χ3n) is 3.72. The maximum absolute atomic E-state index is 12.4. The molecule has 0 fully saturated rings. The quantitative estimate of drug-likeness (QED) is 0.767. The van der Waals surface area contributed by atoms with Crippen molar-refractivity contribution in [1.29, 1.82) is 0 Å². The van der Waals surface area contributed by atoms with Gasteiger partial charge in [0.15, 0.2) is 0 Å². The summed E-state index contributed by atoms with van der Waals surface area (Å²) >= 11 is 1.70. The highest BCUT2D eigenvalue weighted by molar-refractivity contribution is 8.00. The third-order valence-corrected chi connectivity index (χ3v) is 6.82. The van der Waals surface area contributed by atoms with Gasteiger partial charge >= 0.3 is 0 Å². The van der Waals surface area contributed by atoms with Gasteiger partial charge in [-0.1, -0.05) is 13.8 Å². The van der Waals surface area contributed by atoms with Crippen LogP contribution in [0.15, 0.2) is 15.4 Å². The van der Waals surface area contributed by atoms with Crippen LogP contribution in [0.2, 0.25) is 0 Å². The number of furan rings is 1. The van der Waals surface area contributed by atoms with E-state index in [9.17, 15) is 8.42 Å². The van der Waals surface area contributed by atoms with Crippen LogP contribution in [0, 0.1) is 6.92 Å². The van der Waals surface area contributed by atoms with Gasteiger partial charge in [0.05, 0.1) is 6.54 Å². The second-order valence-corrected chi connectivity index (χ2v) is 7.77. The molecule has 1 aromatic rings. The third kappa shape index (κ3) is 3.78. The lowest BCUT2D eigenvalue weighted by molar-refractivity contribution is 0.477. The van der Waals surface area contributed by atoms with Crippen LogP contribution in [0.25, 0.3) is 0 Å². The van der Waals surface area contributed by atoms with Gasteiger partial charge in [0, 0.05) is 17.4 Å². The van der Waals surface area contributed by atoms with Gasteiger partial charge in [-0.25, -0.2) is 13.1 Å². The minimum atomic E-state index is -3.56. The molecule has 116 valence electrons. The van der Waals surface area contributed by atoms with Gasteiger partial charge in [-0.3, -0.25) is 0 Å². The Balaban J connectivity index is 2.92. The van der Waals surface area contributed by atoms with Crippen molar-refractivity contribution in [2.75, 3.05) is 12.8 Å². The summed E-state index contributed by atoms with van der Waals surface area (Å²) in [5.74, 6) is 0.852. The van der Waals surface area contributed by atoms with Gasteiger partial charge in [-0.2, -0.15) is 11.8 Å². The minimum Gasteiger partial charge on any atom is -0.464 e. The van der Waals surface area contributed by atoms with Crippen molar-refractivity contribution in [2.24, 2.45) is 5.73 Å². The number of rotatable bonds is 8. The predicted molar refractivity (Wildman–Crippen MR) is 83.4 cm³/mol. The predicted octanol–water partition coefficient (Wildman–Crippen LogP) is 2.25. The molecule has 0 aliphatic rings. The first kappa shape index (κ1) is 17.6. The molecule has 0 saturated carbocycles. The van der Waals surface area contributed by atoms with Crippen LogP contribution in [0.5, 0.6) is 0 Å². The fraction of sp³-hybridized carbons (Fsp3) is 0.692. The van der Waals surface area contributed by atoms with E-state index < -0.39 is 10.0 Å². The molecule has 3 N–H and O–H groups in total. The zero-order valence-electron chi connectivity index (χ0n) is 12.5. The molecule has 0 unspecified atom stereocenters. The Kier molecular flexibility index (Phi) is 6.12. The Bertz CT molecular complexity index is 526. The molecule has 0 saturated heterocycles. The summed E-state index contributed by atoms with van der Waals surface area (Å²) in [6.45, 7) is 6.38. The molecule has 1 aromatic heterocycles. The van der Waals surface area contributed by atoms with Gasteiger partial charge in [-0.05, 0) is 26.0 Å². The molecule has 0 amide bonds. The van der Waals surface area contributed by atoms with Crippen molar-refractivity contribution in [3.8, 4) is 0 Å². The number of sulfonamides is 1. The zero-order chi connectivity index (χ0) is 15.4. The van der Waals surface area contributed by atoms with E-state index in [2.05, 4.69) is 18.6 Å². The number of aryl methyl sites for hydroxylation is 1. The van der Waals surface area contributed by atoms with E-state index in [4.69, 9.17) is 10.2 Å². The Labute approximate surface area is 125 Å². The lowest BCUT2D eigenvalue weighted by Gasteiger charge is -2.29. The number of nitrogens with two attached hydrogens (primary N) is 1. The molecule has 0 aliphatic heterocycles. The zero-order valence-corrected chi connectivity index (χ0v) is 14.2. The van der Waals surface area contributed by atoms with Gasteiger partial charge in [0.25, 0.3) is 0 Å². The molecule has 1 heterocycles. The summed E-state index contributed by atoms with van der Waals surface area (Å²) < 4.78 is 32.7. The second-order valence-electron chi connectivity index (χ2n) is 4.76. The Morgan fingerprint density at radius 1 is 1.40 bits per heavy atom.